The molecule has 0 aliphatic heterocycles. The fraction of sp³-hybridized carbons (Fsp3) is 0.462. The Balaban J connectivity index is 2.48. The Hall–Kier alpha value is -1.13. The number of anilines is 1. The standard InChI is InChI=1S/C13H20N2OS/c1-3-15(12-8-5-4-6-9-12)13(17)14-10-7-11-16-2/h4-6,8-9H,3,7,10-11H2,1-2H3,(H,14,17). The van der Waals surface area contributed by atoms with Crippen molar-refractivity contribution in [2.24, 2.45) is 0 Å². The Kier molecular flexibility index (Phi) is 6.58. The van der Waals surface area contributed by atoms with Crippen molar-refractivity contribution in [3.63, 3.8) is 0 Å². The lowest BCUT2D eigenvalue weighted by molar-refractivity contribution is 0.195. The number of nitrogens with one attached hydrogen (secondary N) is 1. The molecule has 4 heteroatoms. The molecule has 0 amide bonds. The van der Waals surface area contributed by atoms with E-state index in [1.165, 1.54) is 0 Å². The SMILES string of the molecule is CCN(C(=S)NCCCOC)c1ccccc1. The van der Waals surface area contributed by atoms with Crippen molar-refractivity contribution in [3.05, 3.63) is 30.3 Å². The number of hydrogen-bond donors (Lipinski definition) is 1. The highest BCUT2D eigenvalue weighted by atomic mass is 32.1. The topological polar surface area (TPSA) is 24.5 Å². The smallest absolute Gasteiger partial charge is 0.173 e. The first kappa shape index (κ1) is 13.9. The highest BCUT2D eigenvalue weighted by Crippen LogP contribution is 2.12. The predicted octanol–water partition coefficient (Wildman–Crippen LogP) is 2.42. The van der Waals surface area contributed by atoms with E-state index in [2.05, 4.69) is 29.3 Å². The Morgan fingerprint density at radius 2 is 2.06 bits per heavy atom. The molecule has 0 atom stereocenters. The summed E-state index contributed by atoms with van der Waals surface area (Å²) in [5.41, 5.74) is 1.12. The van der Waals surface area contributed by atoms with Crippen molar-refractivity contribution in [2.75, 3.05) is 31.7 Å². The average molecular weight is 252 g/mol. The highest BCUT2D eigenvalue weighted by Gasteiger charge is 2.08. The normalized spacial score (nSPS) is 10.0. The highest BCUT2D eigenvalue weighted by molar-refractivity contribution is 7.80. The lowest BCUT2D eigenvalue weighted by Gasteiger charge is -2.24. The van der Waals surface area contributed by atoms with Crippen molar-refractivity contribution < 1.29 is 4.74 Å². The molecule has 0 saturated carbocycles. The number of rotatable bonds is 6. The lowest BCUT2D eigenvalue weighted by Crippen LogP contribution is -2.40. The lowest BCUT2D eigenvalue weighted by atomic mass is 10.3. The fourth-order valence-electron chi connectivity index (χ4n) is 1.56. The van der Waals surface area contributed by atoms with Gasteiger partial charge in [0.15, 0.2) is 5.11 Å². The predicted molar refractivity (Wildman–Crippen MR) is 76.6 cm³/mol. The minimum atomic E-state index is 0.757. The van der Waals surface area contributed by atoms with Gasteiger partial charge in [-0.1, -0.05) is 18.2 Å². The van der Waals surface area contributed by atoms with E-state index < -0.39 is 0 Å². The third kappa shape index (κ3) is 4.71. The van der Waals surface area contributed by atoms with Crippen LogP contribution in [0.1, 0.15) is 13.3 Å². The van der Waals surface area contributed by atoms with Crippen LogP contribution in [0.2, 0.25) is 0 Å². The summed E-state index contributed by atoms with van der Waals surface area (Å²) >= 11 is 5.38. The van der Waals surface area contributed by atoms with Crippen LogP contribution in [0.15, 0.2) is 30.3 Å². The van der Waals surface area contributed by atoms with E-state index in [0.717, 1.165) is 36.9 Å². The molecule has 0 heterocycles. The van der Waals surface area contributed by atoms with Gasteiger partial charge in [-0.25, -0.2) is 0 Å². The summed E-state index contributed by atoms with van der Waals surface area (Å²) in [6, 6.07) is 10.2. The number of nitrogens with zero attached hydrogens (tertiary/aromatic N) is 1. The zero-order chi connectivity index (χ0) is 12.5. The molecular formula is C13H20N2OS. The van der Waals surface area contributed by atoms with Crippen LogP contribution in [-0.2, 0) is 4.74 Å². The van der Waals surface area contributed by atoms with Gasteiger partial charge in [0.1, 0.15) is 0 Å². The second-order valence-corrected chi connectivity index (χ2v) is 4.04. The molecule has 1 aromatic carbocycles. The maximum Gasteiger partial charge on any atom is 0.173 e. The number of ether oxygens (including phenoxy) is 1. The van der Waals surface area contributed by atoms with Crippen LogP contribution in [0.3, 0.4) is 0 Å². The third-order valence-electron chi connectivity index (χ3n) is 2.43. The van der Waals surface area contributed by atoms with E-state index in [1.54, 1.807) is 7.11 Å². The molecule has 1 N–H and O–H groups in total. The van der Waals surface area contributed by atoms with Gasteiger partial charge in [-0.15, -0.1) is 0 Å². The summed E-state index contributed by atoms with van der Waals surface area (Å²) in [4.78, 5) is 2.09. The summed E-state index contributed by atoms with van der Waals surface area (Å²) in [5, 5.41) is 4.02. The zero-order valence-corrected chi connectivity index (χ0v) is 11.3. The van der Waals surface area contributed by atoms with Gasteiger partial charge >= 0.3 is 0 Å². The van der Waals surface area contributed by atoms with E-state index in [0.29, 0.717) is 0 Å². The van der Waals surface area contributed by atoms with Crippen LogP contribution >= 0.6 is 12.2 Å². The van der Waals surface area contributed by atoms with Crippen LogP contribution < -0.4 is 10.2 Å². The minimum Gasteiger partial charge on any atom is -0.385 e. The largest absolute Gasteiger partial charge is 0.385 e. The molecular weight excluding hydrogens is 232 g/mol. The van der Waals surface area contributed by atoms with Gasteiger partial charge in [0.25, 0.3) is 0 Å². The minimum absolute atomic E-state index is 0.757. The molecule has 0 aliphatic carbocycles. The molecule has 3 nitrogen and oxygen atoms in total. The number of para-hydroxylation sites is 1. The van der Waals surface area contributed by atoms with Crippen LogP contribution in [-0.4, -0.2) is 31.9 Å². The molecule has 0 unspecified atom stereocenters. The molecule has 0 fully saturated rings. The number of methoxy groups -OCH3 is 1. The van der Waals surface area contributed by atoms with E-state index in [1.807, 2.05) is 18.2 Å². The Morgan fingerprint density at radius 3 is 2.65 bits per heavy atom. The molecule has 0 spiro atoms. The second kappa shape index (κ2) is 8.03. The maximum atomic E-state index is 5.38. The summed E-state index contributed by atoms with van der Waals surface area (Å²) < 4.78 is 5.00. The van der Waals surface area contributed by atoms with Gasteiger partial charge in [0.2, 0.25) is 0 Å². The first-order valence-electron chi connectivity index (χ1n) is 5.89. The van der Waals surface area contributed by atoms with Gasteiger partial charge in [0.05, 0.1) is 0 Å². The third-order valence-corrected chi connectivity index (χ3v) is 2.80. The van der Waals surface area contributed by atoms with Crippen molar-refractivity contribution in [1.82, 2.24) is 5.32 Å². The Bertz CT molecular complexity index is 329. The van der Waals surface area contributed by atoms with Crippen molar-refractivity contribution >= 4 is 23.0 Å². The van der Waals surface area contributed by atoms with Gasteiger partial charge < -0.3 is 15.0 Å². The Morgan fingerprint density at radius 1 is 1.35 bits per heavy atom. The van der Waals surface area contributed by atoms with E-state index in [4.69, 9.17) is 17.0 Å². The number of benzene rings is 1. The van der Waals surface area contributed by atoms with Crippen LogP contribution in [0, 0.1) is 0 Å². The Labute approximate surface area is 109 Å². The van der Waals surface area contributed by atoms with Crippen LogP contribution in [0.4, 0.5) is 5.69 Å². The second-order valence-electron chi connectivity index (χ2n) is 3.66. The molecule has 94 valence electrons. The van der Waals surface area contributed by atoms with Gasteiger partial charge in [0, 0.05) is 32.5 Å². The summed E-state index contributed by atoms with van der Waals surface area (Å²) in [7, 11) is 1.71. The van der Waals surface area contributed by atoms with Crippen molar-refractivity contribution in [3.8, 4) is 0 Å². The monoisotopic (exact) mass is 252 g/mol. The molecule has 0 aromatic heterocycles. The number of thiocarbonyl (C=S) groups is 1. The summed E-state index contributed by atoms with van der Waals surface area (Å²) in [6.07, 6.45) is 0.961. The van der Waals surface area contributed by atoms with E-state index in [-0.39, 0.29) is 0 Å². The summed E-state index contributed by atoms with van der Waals surface area (Å²) in [6.45, 7) is 4.55. The number of hydrogen-bond acceptors (Lipinski definition) is 2. The molecule has 1 rings (SSSR count). The van der Waals surface area contributed by atoms with Gasteiger partial charge in [-0.2, -0.15) is 0 Å². The fourth-order valence-corrected chi connectivity index (χ4v) is 1.90. The summed E-state index contributed by atoms with van der Waals surface area (Å²) in [5.74, 6) is 0. The van der Waals surface area contributed by atoms with Crippen LogP contribution in [0.5, 0.6) is 0 Å². The van der Waals surface area contributed by atoms with E-state index in [9.17, 15) is 0 Å². The maximum absolute atomic E-state index is 5.38. The molecule has 0 saturated heterocycles. The van der Waals surface area contributed by atoms with Gasteiger partial charge in [-0.05, 0) is 37.7 Å². The molecule has 17 heavy (non-hydrogen) atoms. The van der Waals surface area contributed by atoms with Crippen molar-refractivity contribution in [2.45, 2.75) is 13.3 Å². The zero-order valence-electron chi connectivity index (χ0n) is 10.5. The molecule has 0 aliphatic rings. The van der Waals surface area contributed by atoms with Crippen LogP contribution in [0.25, 0.3) is 0 Å². The quantitative estimate of drug-likeness (QED) is 0.621. The molecule has 0 bridgehead atoms. The van der Waals surface area contributed by atoms with Gasteiger partial charge in [-0.3, -0.25) is 0 Å². The molecule has 0 radical (unpaired) electrons. The van der Waals surface area contributed by atoms with E-state index >= 15 is 0 Å². The average Bonchev–Trinajstić information content (AvgIpc) is 2.37. The van der Waals surface area contributed by atoms with Crippen molar-refractivity contribution in [1.29, 1.82) is 0 Å². The first-order chi connectivity index (χ1) is 8.29. The first-order valence-corrected chi connectivity index (χ1v) is 6.29. The molecule has 1 aromatic rings.